The molecular formula is C23H29N3O4. The van der Waals surface area contributed by atoms with Crippen LogP contribution in [0.2, 0.25) is 0 Å². The number of hydrogen-bond acceptors (Lipinski definition) is 4. The third-order valence-corrected chi connectivity index (χ3v) is 5.37. The van der Waals surface area contributed by atoms with Crippen molar-refractivity contribution in [1.82, 2.24) is 10.2 Å². The third kappa shape index (κ3) is 5.23. The molecule has 1 aliphatic rings. The van der Waals surface area contributed by atoms with Crippen LogP contribution in [0.15, 0.2) is 48.5 Å². The van der Waals surface area contributed by atoms with Crippen molar-refractivity contribution in [2.24, 2.45) is 5.92 Å². The van der Waals surface area contributed by atoms with E-state index in [0.29, 0.717) is 24.6 Å². The van der Waals surface area contributed by atoms with Crippen molar-refractivity contribution in [1.29, 1.82) is 0 Å². The number of benzene rings is 2. The fourth-order valence-electron chi connectivity index (χ4n) is 3.69. The number of likely N-dealkylation sites (tertiary alicyclic amines) is 1. The first-order chi connectivity index (χ1) is 14.5. The number of methoxy groups -OCH3 is 2. The lowest BCUT2D eigenvalue weighted by Crippen LogP contribution is -2.47. The topological polar surface area (TPSA) is 79.9 Å². The molecule has 2 atom stereocenters. The molecule has 0 spiro atoms. The van der Waals surface area contributed by atoms with Crippen molar-refractivity contribution < 1.29 is 19.1 Å². The first-order valence-corrected chi connectivity index (χ1v) is 10.1. The Bertz CT molecular complexity index is 872. The van der Waals surface area contributed by atoms with Gasteiger partial charge in [-0.1, -0.05) is 18.2 Å². The summed E-state index contributed by atoms with van der Waals surface area (Å²) in [7, 11) is 3.20. The van der Waals surface area contributed by atoms with Gasteiger partial charge >= 0.3 is 6.03 Å². The van der Waals surface area contributed by atoms with E-state index in [1.807, 2.05) is 55.5 Å². The molecule has 2 aromatic carbocycles. The highest BCUT2D eigenvalue weighted by molar-refractivity contribution is 5.90. The van der Waals surface area contributed by atoms with Crippen LogP contribution in [0.4, 0.5) is 10.5 Å². The summed E-state index contributed by atoms with van der Waals surface area (Å²) in [5.41, 5.74) is 1.59. The molecule has 2 aromatic rings. The standard InChI is InChI=1S/C23H29N3O4/c1-16(20-14-19(29-2)11-12-21(20)30-3)24-22(27)17-8-7-13-26(15-17)23(28)25-18-9-5-4-6-10-18/h4-6,9-12,14,16-17H,7-8,13,15H2,1-3H3,(H,24,27)(H,25,28)/t16-,17+/m1/s1. The van der Waals surface area contributed by atoms with E-state index < -0.39 is 0 Å². The van der Waals surface area contributed by atoms with E-state index in [0.717, 1.165) is 24.1 Å². The molecule has 1 fully saturated rings. The molecule has 1 heterocycles. The summed E-state index contributed by atoms with van der Waals surface area (Å²) >= 11 is 0. The minimum atomic E-state index is -0.254. The molecule has 0 aromatic heterocycles. The Morgan fingerprint density at radius 3 is 2.57 bits per heavy atom. The van der Waals surface area contributed by atoms with Crippen LogP contribution in [0.1, 0.15) is 31.4 Å². The highest BCUT2D eigenvalue weighted by Gasteiger charge is 2.29. The molecule has 3 rings (SSSR count). The summed E-state index contributed by atoms with van der Waals surface area (Å²) in [5.74, 6) is 1.08. The van der Waals surface area contributed by atoms with Crippen molar-refractivity contribution in [3.05, 3.63) is 54.1 Å². The predicted molar refractivity (Wildman–Crippen MR) is 116 cm³/mol. The SMILES string of the molecule is COc1ccc(OC)c([C@@H](C)NC(=O)[C@H]2CCCN(C(=O)Nc3ccccc3)C2)c1. The van der Waals surface area contributed by atoms with E-state index in [1.165, 1.54) is 0 Å². The van der Waals surface area contributed by atoms with Crippen molar-refractivity contribution in [2.45, 2.75) is 25.8 Å². The summed E-state index contributed by atoms with van der Waals surface area (Å²) < 4.78 is 10.7. The Morgan fingerprint density at radius 1 is 1.10 bits per heavy atom. The number of carbonyl (C=O) groups excluding carboxylic acids is 2. The monoisotopic (exact) mass is 411 g/mol. The normalized spacial score (nSPS) is 17.0. The van der Waals surface area contributed by atoms with Gasteiger partial charge in [0.15, 0.2) is 0 Å². The van der Waals surface area contributed by atoms with Gasteiger partial charge in [0.05, 0.1) is 26.2 Å². The number of carbonyl (C=O) groups is 2. The number of ether oxygens (including phenoxy) is 2. The Balaban J connectivity index is 1.62. The highest BCUT2D eigenvalue weighted by Crippen LogP contribution is 2.30. The largest absolute Gasteiger partial charge is 0.497 e. The van der Waals surface area contributed by atoms with E-state index in [2.05, 4.69) is 10.6 Å². The molecule has 1 saturated heterocycles. The van der Waals surface area contributed by atoms with E-state index >= 15 is 0 Å². The Hall–Kier alpha value is -3.22. The number of nitrogens with zero attached hydrogens (tertiary/aromatic N) is 1. The van der Waals surface area contributed by atoms with Gasteiger partial charge in [-0.25, -0.2) is 4.79 Å². The molecule has 7 heteroatoms. The molecule has 2 N–H and O–H groups in total. The van der Waals surface area contributed by atoms with Gasteiger partial charge in [0.2, 0.25) is 5.91 Å². The first kappa shape index (κ1) is 21.5. The molecule has 160 valence electrons. The maximum absolute atomic E-state index is 12.9. The second-order valence-electron chi connectivity index (χ2n) is 7.42. The number of para-hydroxylation sites is 1. The zero-order chi connectivity index (χ0) is 21.5. The smallest absolute Gasteiger partial charge is 0.321 e. The lowest BCUT2D eigenvalue weighted by molar-refractivity contribution is -0.126. The lowest BCUT2D eigenvalue weighted by atomic mass is 9.96. The van der Waals surface area contributed by atoms with E-state index in [-0.39, 0.29) is 23.9 Å². The first-order valence-electron chi connectivity index (χ1n) is 10.1. The van der Waals surface area contributed by atoms with E-state index in [1.54, 1.807) is 19.1 Å². The molecule has 1 aliphatic heterocycles. The van der Waals surface area contributed by atoms with E-state index in [4.69, 9.17) is 9.47 Å². The van der Waals surface area contributed by atoms with Gasteiger partial charge in [-0.05, 0) is 50.1 Å². The molecule has 30 heavy (non-hydrogen) atoms. The van der Waals surface area contributed by atoms with E-state index in [9.17, 15) is 9.59 Å². The molecule has 0 aliphatic carbocycles. The summed E-state index contributed by atoms with van der Waals surface area (Å²) in [6.45, 7) is 2.95. The molecule has 0 radical (unpaired) electrons. The maximum Gasteiger partial charge on any atom is 0.321 e. The fourth-order valence-corrected chi connectivity index (χ4v) is 3.69. The van der Waals surface area contributed by atoms with Crippen molar-refractivity contribution in [2.75, 3.05) is 32.6 Å². The van der Waals surface area contributed by atoms with Crippen LogP contribution >= 0.6 is 0 Å². The lowest BCUT2D eigenvalue weighted by Gasteiger charge is -2.32. The summed E-state index contributed by atoms with van der Waals surface area (Å²) in [6, 6.07) is 14.4. The van der Waals surface area contributed by atoms with Crippen molar-refractivity contribution >= 4 is 17.6 Å². The number of rotatable bonds is 6. The number of urea groups is 1. The molecule has 3 amide bonds. The van der Waals surface area contributed by atoms with Crippen LogP contribution < -0.4 is 20.1 Å². The van der Waals surface area contributed by atoms with Gasteiger partial charge in [-0.2, -0.15) is 0 Å². The van der Waals surface area contributed by atoms with Crippen LogP contribution in [0.5, 0.6) is 11.5 Å². The second-order valence-corrected chi connectivity index (χ2v) is 7.42. The van der Waals surface area contributed by atoms with Gasteiger partial charge < -0.3 is 25.0 Å². The predicted octanol–water partition coefficient (Wildman–Crippen LogP) is 3.83. The van der Waals surface area contributed by atoms with Gasteiger partial charge in [0.1, 0.15) is 11.5 Å². The van der Waals surface area contributed by atoms with Gasteiger partial charge in [0.25, 0.3) is 0 Å². The van der Waals surface area contributed by atoms with Crippen LogP contribution in [0.3, 0.4) is 0 Å². The number of piperidine rings is 1. The minimum absolute atomic E-state index is 0.0652. The Kier molecular flexibility index (Phi) is 7.17. The van der Waals surface area contributed by atoms with Crippen LogP contribution in [0.25, 0.3) is 0 Å². The maximum atomic E-state index is 12.9. The van der Waals surface area contributed by atoms with Gasteiger partial charge in [-0.15, -0.1) is 0 Å². The zero-order valence-electron chi connectivity index (χ0n) is 17.7. The number of amides is 3. The van der Waals surface area contributed by atoms with Crippen molar-refractivity contribution in [3.8, 4) is 11.5 Å². The molecule has 7 nitrogen and oxygen atoms in total. The third-order valence-electron chi connectivity index (χ3n) is 5.37. The zero-order valence-corrected chi connectivity index (χ0v) is 17.7. The summed E-state index contributed by atoms with van der Waals surface area (Å²) in [4.78, 5) is 27.2. The second kappa shape index (κ2) is 10.0. The number of anilines is 1. The van der Waals surface area contributed by atoms with Gasteiger partial charge in [-0.3, -0.25) is 4.79 Å². The van der Waals surface area contributed by atoms with Crippen molar-refractivity contribution in [3.63, 3.8) is 0 Å². The number of nitrogens with one attached hydrogen (secondary N) is 2. The summed E-state index contributed by atoms with van der Waals surface area (Å²) in [5, 5.41) is 5.96. The Labute approximate surface area is 177 Å². The average molecular weight is 412 g/mol. The number of hydrogen-bond donors (Lipinski definition) is 2. The minimum Gasteiger partial charge on any atom is -0.497 e. The van der Waals surface area contributed by atoms with Gasteiger partial charge in [0, 0.05) is 24.3 Å². The molecular weight excluding hydrogens is 382 g/mol. The van der Waals surface area contributed by atoms with Crippen LogP contribution in [-0.4, -0.2) is 44.1 Å². The quantitative estimate of drug-likeness (QED) is 0.757. The summed E-state index contributed by atoms with van der Waals surface area (Å²) in [6.07, 6.45) is 1.54. The fraction of sp³-hybridized carbons (Fsp3) is 0.391. The van der Waals surface area contributed by atoms with Crippen LogP contribution in [0, 0.1) is 5.92 Å². The van der Waals surface area contributed by atoms with Crippen LogP contribution in [-0.2, 0) is 4.79 Å². The molecule has 0 unspecified atom stereocenters. The highest BCUT2D eigenvalue weighted by atomic mass is 16.5. The molecule has 0 bridgehead atoms. The molecule has 0 saturated carbocycles. The average Bonchev–Trinajstić information content (AvgIpc) is 2.79. The Morgan fingerprint density at radius 2 is 1.87 bits per heavy atom.